The van der Waals surface area contributed by atoms with Crippen LogP contribution in [0.2, 0.25) is 0 Å². The lowest BCUT2D eigenvalue weighted by Gasteiger charge is -2.25. The number of anilines is 3. The van der Waals surface area contributed by atoms with Gasteiger partial charge in [-0.3, -0.25) is 4.68 Å². The normalized spacial score (nSPS) is 16.4. The summed E-state index contributed by atoms with van der Waals surface area (Å²) in [4.78, 5) is 9.63. The number of piperidine rings is 1. The topological polar surface area (TPSA) is 105 Å². The van der Waals surface area contributed by atoms with Crippen LogP contribution < -0.4 is 16.0 Å². The van der Waals surface area contributed by atoms with E-state index in [1.807, 2.05) is 42.2 Å². The van der Waals surface area contributed by atoms with Crippen molar-refractivity contribution in [3.63, 3.8) is 0 Å². The molecular weight excluding hydrogens is 404 g/mol. The zero-order valence-electron chi connectivity index (χ0n) is 18.1. The molecule has 0 aliphatic carbocycles. The molecule has 1 aromatic carbocycles. The molecule has 166 valence electrons. The number of benzene rings is 1. The SMILES string of the molecule is CCn1cc(Nc2nc(N[C@@H]3CCCNC3)c3c(-c4ccccc4)cn(CO)c3n2)cn1. The maximum absolute atomic E-state index is 10.1. The van der Waals surface area contributed by atoms with Gasteiger partial charge in [0.05, 0.1) is 17.3 Å². The van der Waals surface area contributed by atoms with Crippen LogP contribution in [0.1, 0.15) is 19.8 Å². The molecule has 1 saturated heterocycles. The van der Waals surface area contributed by atoms with Crippen molar-refractivity contribution in [3.8, 4) is 11.1 Å². The van der Waals surface area contributed by atoms with Gasteiger partial charge in [-0.05, 0) is 31.9 Å². The van der Waals surface area contributed by atoms with Crippen molar-refractivity contribution >= 4 is 28.5 Å². The van der Waals surface area contributed by atoms with Crippen LogP contribution in [0.4, 0.5) is 17.5 Å². The average Bonchev–Trinajstić information content (AvgIpc) is 3.45. The Morgan fingerprint density at radius 1 is 1.19 bits per heavy atom. The number of rotatable bonds is 7. The number of nitrogens with one attached hydrogen (secondary N) is 3. The number of hydrogen-bond acceptors (Lipinski definition) is 7. The number of aliphatic hydroxyl groups is 1. The summed E-state index contributed by atoms with van der Waals surface area (Å²) in [6.45, 7) is 4.59. The molecule has 1 fully saturated rings. The Hall–Kier alpha value is -3.43. The molecule has 4 heterocycles. The first kappa shape index (κ1) is 20.5. The maximum atomic E-state index is 10.1. The minimum absolute atomic E-state index is 0.169. The lowest BCUT2D eigenvalue weighted by molar-refractivity contribution is 0.215. The predicted molar refractivity (Wildman–Crippen MR) is 126 cm³/mol. The Balaban J connectivity index is 1.63. The molecule has 0 bridgehead atoms. The average molecular weight is 433 g/mol. The molecule has 32 heavy (non-hydrogen) atoms. The number of nitrogens with zero attached hydrogens (tertiary/aromatic N) is 5. The van der Waals surface area contributed by atoms with E-state index in [4.69, 9.17) is 9.97 Å². The van der Waals surface area contributed by atoms with E-state index in [9.17, 15) is 5.11 Å². The number of hydrogen-bond donors (Lipinski definition) is 4. The van der Waals surface area contributed by atoms with Crippen molar-refractivity contribution in [2.24, 2.45) is 0 Å². The number of aryl methyl sites for hydroxylation is 1. The summed E-state index contributed by atoms with van der Waals surface area (Å²) in [5.74, 6) is 1.23. The molecular formula is C23H28N8O. The second-order valence-electron chi connectivity index (χ2n) is 8.01. The molecule has 1 atom stereocenters. The van der Waals surface area contributed by atoms with Crippen LogP contribution in [0.15, 0.2) is 48.9 Å². The van der Waals surface area contributed by atoms with Crippen LogP contribution in [0.3, 0.4) is 0 Å². The molecule has 0 spiro atoms. The van der Waals surface area contributed by atoms with E-state index in [0.717, 1.165) is 60.5 Å². The van der Waals surface area contributed by atoms with E-state index in [1.165, 1.54) is 0 Å². The van der Waals surface area contributed by atoms with Crippen molar-refractivity contribution in [1.82, 2.24) is 29.6 Å². The molecule has 9 heteroatoms. The van der Waals surface area contributed by atoms with Crippen LogP contribution >= 0.6 is 0 Å². The van der Waals surface area contributed by atoms with Crippen LogP contribution in [-0.2, 0) is 13.3 Å². The second-order valence-corrected chi connectivity index (χ2v) is 8.01. The van der Waals surface area contributed by atoms with Gasteiger partial charge in [-0.25, -0.2) is 0 Å². The fourth-order valence-corrected chi connectivity index (χ4v) is 4.19. The summed E-state index contributed by atoms with van der Waals surface area (Å²) < 4.78 is 3.60. The minimum atomic E-state index is -0.169. The third kappa shape index (κ3) is 4.04. The lowest BCUT2D eigenvalue weighted by atomic mass is 10.0. The Bertz CT molecular complexity index is 1190. The van der Waals surface area contributed by atoms with Crippen LogP contribution in [0.25, 0.3) is 22.2 Å². The molecule has 5 rings (SSSR count). The fourth-order valence-electron chi connectivity index (χ4n) is 4.19. The number of aliphatic hydroxyl groups excluding tert-OH is 1. The van der Waals surface area contributed by atoms with E-state index >= 15 is 0 Å². The quantitative estimate of drug-likeness (QED) is 0.355. The molecule has 0 amide bonds. The van der Waals surface area contributed by atoms with Gasteiger partial charge >= 0.3 is 0 Å². The summed E-state index contributed by atoms with van der Waals surface area (Å²) >= 11 is 0. The van der Waals surface area contributed by atoms with E-state index in [2.05, 4.69) is 33.2 Å². The summed E-state index contributed by atoms with van der Waals surface area (Å²) in [6.07, 6.45) is 7.82. The third-order valence-corrected chi connectivity index (χ3v) is 5.80. The van der Waals surface area contributed by atoms with Crippen molar-refractivity contribution in [2.75, 3.05) is 23.7 Å². The third-order valence-electron chi connectivity index (χ3n) is 5.80. The molecule has 3 aromatic heterocycles. The van der Waals surface area contributed by atoms with Crippen molar-refractivity contribution in [3.05, 3.63) is 48.9 Å². The maximum Gasteiger partial charge on any atom is 0.231 e. The summed E-state index contributed by atoms with van der Waals surface area (Å²) in [6, 6.07) is 10.4. The molecule has 0 saturated carbocycles. The van der Waals surface area contributed by atoms with Crippen molar-refractivity contribution < 1.29 is 5.11 Å². The Morgan fingerprint density at radius 3 is 2.78 bits per heavy atom. The van der Waals surface area contributed by atoms with E-state index in [-0.39, 0.29) is 12.8 Å². The van der Waals surface area contributed by atoms with E-state index in [1.54, 1.807) is 10.8 Å². The molecule has 1 aliphatic heterocycles. The summed E-state index contributed by atoms with van der Waals surface area (Å²) in [5, 5.41) is 25.7. The zero-order valence-corrected chi connectivity index (χ0v) is 18.1. The highest BCUT2D eigenvalue weighted by Gasteiger charge is 2.21. The predicted octanol–water partition coefficient (Wildman–Crippen LogP) is 3.17. The lowest BCUT2D eigenvalue weighted by Crippen LogP contribution is -2.38. The minimum Gasteiger partial charge on any atom is -0.376 e. The molecule has 4 aromatic rings. The largest absolute Gasteiger partial charge is 0.376 e. The van der Waals surface area contributed by atoms with Crippen LogP contribution in [0, 0.1) is 0 Å². The van der Waals surface area contributed by atoms with Gasteiger partial charge in [0.15, 0.2) is 0 Å². The summed E-state index contributed by atoms with van der Waals surface area (Å²) in [7, 11) is 0. The molecule has 0 radical (unpaired) electrons. The first-order valence-corrected chi connectivity index (χ1v) is 11.1. The number of aromatic nitrogens is 5. The highest BCUT2D eigenvalue weighted by atomic mass is 16.3. The molecule has 1 aliphatic rings. The smallest absolute Gasteiger partial charge is 0.231 e. The molecule has 0 unspecified atom stereocenters. The number of fused-ring (bicyclic) bond motifs is 1. The first-order valence-electron chi connectivity index (χ1n) is 11.1. The van der Waals surface area contributed by atoms with E-state index < -0.39 is 0 Å². The van der Waals surface area contributed by atoms with Crippen LogP contribution in [0.5, 0.6) is 0 Å². The Kier molecular flexibility index (Phi) is 5.74. The first-order chi connectivity index (χ1) is 15.7. The van der Waals surface area contributed by atoms with Gasteiger partial charge in [-0.1, -0.05) is 30.3 Å². The Labute approximate surface area is 186 Å². The van der Waals surface area contributed by atoms with Crippen LogP contribution in [-0.4, -0.2) is 48.6 Å². The highest BCUT2D eigenvalue weighted by Crippen LogP contribution is 2.35. The van der Waals surface area contributed by atoms with Gasteiger partial charge in [-0.15, -0.1) is 0 Å². The van der Waals surface area contributed by atoms with E-state index in [0.29, 0.717) is 11.6 Å². The standard InChI is InChI=1S/C23H28N8O/c1-2-31-13-18(12-25-31)27-23-28-21(26-17-9-6-10-24-11-17)20-19(16-7-4-3-5-8-16)14-30(15-32)22(20)29-23/h3-5,7-8,12-14,17,24,32H,2,6,9-11,15H2,1H3,(H2,26,27,28,29)/t17-/m1/s1. The molecule has 9 nitrogen and oxygen atoms in total. The zero-order chi connectivity index (χ0) is 21.9. The summed E-state index contributed by atoms with van der Waals surface area (Å²) in [5.41, 5.74) is 3.55. The monoisotopic (exact) mass is 432 g/mol. The van der Waals surface area contributed by atoms with Gasteiger partial charge in [0.2, 0.25) is 5.95 Å². The van der Waals surface area contributed by atoms with Gasteiger partial charge in [0, 0.05) is 37.1 Å². The van der Waals surface area contributed by atoms with Crippen molar-refractivity contribution in [2.45, 2.75) is 39.1 Å². The second kappa shape index (κ2) is 8.97. The van der Waals surface area contributed by atoms with Gasteiger partial charge in [0.1, 0.15) is 18.2 Å². The van der Waals surface area contributed by atoms with Gasteiger partial charge < -0.3 is 25.6 Å². The van der Waals surface area contributed by atoms with Crippen molar-refractivity contribution in [1.29, 1.82) is 0 Å². The highest BCUT2D eigenvalue weighted by molar-refractivity contribution is 6.02. The van der Waals surface area contributed by atoms with Gasteiger partial charge in [-0.2, -0.15) is 15.1 Å². The Morgan fingerprint density at radius 2 is 2.06 bits per heavy atom. The van der Waals surface area contributed by atoms with Gasteiger partial charge in [0.25, 0.3) is 0 Å². The fraction of sp³-hybridized carbons (Fsp3) is 0.348. The molecule has 4 N–H and O–H groups in total.